The maximum absolute atomic E-state index is 6.05. The average molecular weight is 537 g/mol. The lowest BCUT2D eigenvalue weighted by Crippen LogP contribution is -2.17. The zero-order valence-electron chi connectivity index (χ0n) is 19.4. The SMILES string of the molecule is COc1ccc(CCNCc2cc(Br)c(OCc3ccc(C)cc3)c(OC)c2)cc1OC.Cl. The second-order valence-corrected chi connectivity index (χ2v) is 8.35. The van der Waals surface area contributed by atoms with Crippen molar-refractivity contribution < 1.29 is 18.9 Å². The summed E-state index contributed by atoms with van der Waals surface area (Å²) in [6.45, 7) is 4.12. The van der Waals surface area contributed by atoms with Crippen molar-refractivity contribution in [2.45, 2.75) is 26.5 Å². The third-order valence-corrected chi connectivity index (χ3v) is 5.75. The van der Waals surface area contributed by atoms with E-state index in [1.807, 2.05) is 18.2 Å². The number of halogens is 2. The van der Waals surface area contributed by atoms with Gasteiger partial charge in [0.15, 0.2) is 23.0 Å². The topological polar surface area (TPSA) is 49.0 Å². The number of hydrogen-bond donors (Lipinski definition) is 1. The number of rotatable bonds is 11. The highest BCUT2D eigenvalue weighted by molar-refractivity contribution is 9.10. The van der Waals surface area contributed by atoms with Crippen LogP contribution in [0, 0.1) is 6.92 Å². The molecule has 5 nitrogen and oxygen atoms in total. The van der Waals surface area contributed by atoms with E-state index in [4.69, 9.17) is 18.9 Å². The van der Waals surface area contributed by atoms with Crippen LogP contribution >= 0.6 is 28.3 Å². The van der Waals surface area contributed by atoms with Crippen molar-refractivity contribution in [3.8, 4) is 23.0 Å². The molecule has 0 unspecified atom stereocenters. The molecule has 0 aliphatic heterocycles. The number of aryl methyl sites for hydroxylation is 1. The minimum absolute atomic E-state index is 0. The fourth-order valence-electron chi connectivity index (χ4n) is 3.36. The van der Waals surface area contributed by atoms with E-state index in [9.17, 15) is 0 Å². The summed E-state index contributed by atoms with van der Waals surface area (Å²) >= 11 is 3.64. The summed E-state index contributed by atoms with van der Waals surface area (Å²) in [7, 11) is 4.96. The van der Waals surface area contributed by atoms with Gasteiger partial charge in [0.2, 0.25) is 0 Å². The van der Waals surface area contributed by atoms with E-state index in [0.29, 0.717) is 18.1 Å². The lowest BCUT2D eigenvalue weighted by molar-refractivity contribution is 0.282. The maximum Gasteiger partial charge on any atom is 0.175 e. The van der Waals surface area contributed by atoms with Gasteiger partial charge in [0.25, 0.3) is 0 Å². The number of ether oxygens (including phenoxy) is 4. The largest absolute Gasteiger partial charge is 0.493 e. The molecule has 0 aliphatic rings. The molecule has 3 rings (SSSR count). The van der Waals surface area contributed by atoms with E-state index >= 15 is 0 Å². The molecule has 3 aromatic carbocycles. The van der Waals surface area contributed by atoms with Crippen molar-refractivity contribution in [3.05, 3.63) is 81.3 Å². The van der Waals surface area contributed by atoms with Gasteiger partial charge < -0.3 is 24.3 Å². The predicted octanol–water partition coefficient (Wildman–Crippen LogP) is 6.12. The minimum atomic E-state index is 0. The van der Waals surface area contributed by atoms with Crippen molar-refractivity contribution in [3.63, 3.8) is 0 Å². The molecular formula is C26H31BrClNO4. The predicted molar refractivity (Wildman–Crippen MR) is 138 cm³/mol. The molecule has 0 saturated heterocycles. The molecule has 7 heteroatoms. The molecule has 0 bridgehead atoms. The van der Waals surface area contributed by atoms with Crippen LogP contribution in [0.2, 0.25) is 0 Å². The van der Waals surface area contributed by atoms with Gasteiger partial charge in [-0.1, -0.05) is 35.9 Å². The van der Waals surface area contributed by atoms with Crippen molar-refractivity contribution in [2.24, 2.45) is 0 Å². The van der Waals surface area contributed by atoms with Crippen molar-refractivity contribution >= 4 is 28.3 Å². The normalized spacial score (nSPS) is 10.3. The van der Waals surface area contributed by atoms with E-state index in [2.05, 4.69) is 64.6 Å². The van der Waals surface area contributed by atoms with Crippen LogP contribution in [0.3, 0.4) is 0 Å². The summed E-state index contributed by atoms with van der Waals surface area (Å²) < 4.78 is 23.2. The molecule has 33 heavy (non-hydrogen) atoms. The van der Waals surface area contributed by atoms with Gasteiger partial charge in [-0.15, -0.1) is 12.4 Å². The second-order valence-electron chi connectivity index (χ2n) is 7.50. The third-order valence-electron chi connectivity index (χ3n) is 5.16. The molecule has 0 fully saturated rings. The molecule has 0 atom stereocenters. The van der Waals surface area contributed by atoms with Crippen molar-refractivity contribution in [1.29, 1.82) is 0 Å². The summed E-state index contributed by atoms with van der Waals surface area (Å²) in [5.74, 6) is 2.91. The number of nitrogens with one attached hydrogen (secondary N) is 1. The molecule has 1 N–H and O–H groups in total. The molecular weight excluding hydrogens is 506 g/mol. The Balaban J connectivity index is 0.00000385. The Labute approximate surface area is 210 Å². The number of benzene rings is 3. The number of methoxy groups -OCH3 is 3. The minimum Gasteiger partial charge on any atom is -0.493 e. The van der Waals surface area contributed by atoms with E-state index in [0.717, 1.165) is 46.6 Å². The van der Waals surface area contributed by atoms with E-state index in [1.54, 1.807) is 21.3 Å². The Morgan fingerprint density at radius 1 is 0.758 bits per heavy atom. The van der Waals surface area contributed by atoms with Gasteiger partial charge in [0.1, 0.15) is 6.61 Å². The van der Waals surface area contributed by atoms with Gasteiger partial charge in [-0.25, -0.2) is 0 Å². The Morgan fingerprint density at radius 3 is 2.06 bits per heavy atom. The second kappa shape index (κ2) is 13.3. The van der Waals surface area contributed by atoms with Crippen LogP contribution in [0.15, 0.2) is 59.1 Å². The Bertz CT molecular complexity index is 1030. The van der Waals surface area contributed by atoms with Crippen LogP contribution in [0.5, 0.6) is 23.0 Å². The molecule has 0 aliphatic carbocycles. The van der Waals surface area contributed by atoms with Gasteiger partial charge in [-0.3, -0.25) is 0 Å². The zero-order chi connectivity index (χ0) is 22.9. The highest BCUT2D eigenvalue weighted by atomic mass is 79.9. The van der Waals surface area contributed by atoms with E-state index in [-0.39, 0.29) is 12.4 Å². The van der Waals surface area contributed by atoms with E-state index in [1.165, 1.54) is 11.1 Å². The first-order valence-corrected chi connectivity index (χ1v) is 11.3. The molecule has 178 valence electrons. The van der Waals surface area contributed by atoms with Gasteiger partial charge in [0.05, 0.1) is 25.8 Å². The number of hydrogen-bond acceptors (Lipinski definition) is 5. The van der Waals surface area contributed by atoms with Crippen LogP contribution in [-0.4, -0.2) is 27.9 Å². The maximum atomic E-state index is 6.05. The molecule has 0 radical (unpaired) electrons. The quantitative estimate of drug-likeness (QED) is 0.299. The molecule has 0 saturated carbocycles. The highest BCUT2D eigenvalue weighted by Gasteiger charge is 2.12. The average Bonchev–Trinajstić information content (AvgIpc) is 2.81. The van der Waals surface area contributed by atoms with Crippen LogP contribution in [0.1, 0.15) is 22.3 Å². The first-order valence-electron chi connectivity index (χ1n) is 10.5. The Kier molecular flexibility index (Phi) is 10.8. The van der Waals surface area contributed by atoms with Crippen molar-refractivity contribution in [2.75, 3.05) is 27.9 Å². The summed E-state index contributed by atoms with van der Waals surface area (Å²) in [5, 5.41) is 3.49. The molecule has 0 heterocycles. The fraction of sp³-hybridized carbons (Fsp3) is 0.308. The van der Waals surface area contributed by atoms with Crippen LogP contribution in [0.4, 0.5) is 0 Å². The summed E-state index contributed by atoms with van der Waals surface area (Å²) in [6.07, 6.45) is 0.885. The van der Waals surface area contributed by atoms with Crippen LogP contribution in [0.25, 0.3) is 0 Å². The Hall–Kier alpha value is -2.41. The van der Waals surface area contributed by atoms with Gasteiger partial charge in [-0.05, 0) is 76.8 Å². The van der Waals surface area contributed by atoms with Crippen molar-refractivity contribution in [1.82, 2.24) is 5.32 Å². The fourth-order valence-corrected chi connectivity index (χ4v) is 3.96. The highest BCUT2D eigenvalue weighted by Crippen LogP contribution is 2.37. The monoisotopic (exact) mass is 535 g/mol. The third kappa shape index (κ3) is 7.56. The first kappa shape index (κ1) is 26.8. The Morgan fingerprint density at radius 2 is 1.39 bits per heavy atom. The van der Waals surface area contributed by atoms with Crippen LogP contribution in [-0.2, 0) is 19.6 Å². The van der Waals surface area contributed by atoms with Gasteiger partial charge in [0, 0.05) is 6.54 Å². The summed E-state index contributed by atoms with van der Waals surface area (Å²) in [4.78, 5) is 0. The molecule has 3 aromatic rings. The standard InChI is InChI=1S/C26H30BrNO4.ClH/c1-18-5-7-20(8-6-18)17-32-26-22(27)13-21(15-25(26)31-4)16-28-12-11-19-9-10-23(29-2)24(14-19)30-3;/h5-10,13-15,28H,11-12,16-17H2,1-4H3;1H. The van der Waals surface area contributed by atoms with Gasteiger partial charge in [-0.2, -0.15) is 0 Å². The summed E-state index contributed by atoms with van der Waals surface area (Å²) in [6, 6.07) is 18.4. The smallest absolute Gasteiger partial charge is 0.175 e. The molecule has 0 amide bonds. The van der Waals surface area contributed by atoms with Gasteiger partial charge >= 0.3 is 0 Å². The zero-order valence-corrected chi connectivity index (χ0v) is 21.8. The summed E-state index contributed by atoms with van der Waals surface area (Å²) in [5.41, 5.74) is 4.65. The van der Waals surface area contributed by atoms with Crippen LogP contribution < -0.4 is 24.3 Å². The lowest BCUT2D eigenvalue weighted by atomic mass is 10.1. The first-order chi connectivity index (χ1) is 15.5. The lowest BCUT2D eigenvalue weighted by Gasteiger charge is -2.15. The molecule has 0 aromatic heterocycles. The molecule has 0 spiro atoms. The van der Waals surface area contributed by atoms with E-state index < -0.39 is 0 Å².